The van der Waals surface area contributed by atoms with Gasteiger partial charge in [0, 0.05) is 6.42 Å². The van der Waals surface area contributed by atoms with Gasteiger partial charge in [0.15, 0.2) is 0 Å². The molecular formula is C7H16N2O9P2. The minimum Gasteiger partial charge on any atom is -0.480 e. The van der Waals surface area contributed by atoms with Crippen molar-refractivity contribution in [3.8, 4) is 0 Å². The number of carbonyl (C=O) groups excluding carboxylic acids is 1. The summed E-state index contributed by atoms with van der Waals surface area (Å²) in [6.07, 6.45) is -3.15. The van der Waals surface area contributed by atoms with Crippen LogP contribution in [0.5, 0.6) is 0 Å². The van der Waals surface area contributed by atoms with E-state index in [2.05, 4.69) is 0 Å². The molecule has 0 aliphatic rings. The highest BCUT2D eigenvalue weighted by Gasteiger charge is 2.34. The zero-order valence-corrected chi connectivity index (χ0v) is 12.0. The van der Waals surface area contributed by atoms with Crippen LogP contribution in [0.2, 0.25) is 0 Å². The van der Waals surface area contributed by atoms with E-state index in [1.54, 1.807) is 0 Å². The topological polar surface area (TPSA) is 199 Å². The van der Waals surface area contributed by atoms with Crippen LogP contribution in [-0.2, 0) is 18.7 Å². The Labute approximate surface area is 113 Å². The van der Waals surface area contributed by atoms with Gasteiger partial charge in [0.2, 0.25) is 5.91 Å². The molecule has 0 saturated carbocycles. The molecule has 0 saturated heterocycles. The molecule has 0 rings (SSSR count). The second-order valence-corrected chi connectivity index (χ2v) is 7.28. The van der Waals surface area contributed by atoms with Crippen LogP contribution in [0.1, 0.15) is 12.8 Å². The molecule has 0 spiro atoms. The minimum absolute atomic E-state index is 0.407. The summed E-state index contributed by atoms with van der Waals surface area (Å²) in [5.74, 6) is -2.42. The molecule has 118 valence electrons. The van der Waals surface area contributed by atoms with Crippen LogP contribution in [0.25, 0.3) is 0 Å². The lowest BCUT2D eigenvalue weighted by molar-refractivity contribution is -0.143. The quantitative estimate of drug-likeness (QED) is 0.263. The monoisotopic (exact) mass is 334 g/mol. The van der Waals surface area contributed by atoms with Gasteiger partial charge in [-0.2, -0.15) is 0 Å². The normalized spacial score (nSPS) is 14.2. The molecule has 1 unspecified atom stereocenters. The molecule has 0 fully saturated rings. The number of carboxylic acids is 1. The van der Waals surface area contributed by atoms with E-state index in [0.29, 0.717) is 4.90 Å². The van der Waals surface area contributed by atoms with Gasteiger partial charge < -0.3 is 30.4 Å². The molecule has 0 aliphatic heterocycles. The molecule has 13 heteroatoms. The molecule has 0 aromatic rings. The third kappa shape index (κ3) is 9.16. The highest BCUT2D eigenvalue weighted by Crippen LogP contribution is 2.42. The largest absolute Gasteiger partial charge is 0.480 e. The number of rotatable bonds is 9. The molecule has 7 N–H and O–H groups in total. The van der Waals surface area contributed by atoms with Gasteiger partial charge in [0.05, 0.1) is 0 Å². The predicted molar refractivity (Wildman–Crippen MR) is 65.5 cm³/mol. The van der Waals surface area contributed by atoms with Crippen LogP contribution in [-0.4, -0.2) is 60.1 Å². The number of carboxylic acid groups (broad SMARTS) is 1. The van der Waals surface area contributed by atoms with Crippen LogP contribution in [0.4, 0.5) is 0 Å². The lowest BCUT2D eigenvalue weighted by Gasteiger charge is -2.28. The van der Waals surface area contributed by atoms with Crippen molar-refractivity contribution >= 4 is 27.1 Å². The number of aliphatic carboxylic acids is 1. The summed E-state index contributed by atoms with van der Waals surface area (Å²) in [6.45, 7) is 0. The molecule has 0 aromatic carbocycles. The molecule has 0 heterocycles. The number of primary amides is 1. The Morgan fingerprint density at radius 2 is 1.45 bits per heavy atom. The van der Waals surface area contributed by atoms with Crippen molar-refractivity contribution in [1.82, 2.24) is 4.90 Å². The number of hydrogen-bond acceptors (Lipinski definition) is 5. The van der Waals surface area contributed by atoms with E-state index in [1.165, 1.54) is 0 Å². The summed E-state index contributed by atoms with van der Waals surface area (Å²) < 4.78 is 21.8. The maximum atomic E-state index is 11.0. The maximum absolute atomic E-state index is 11.0. The minimum atomic E-state index is -4.75. The van der Waals surface area contributed by atoms with Crippen LogP contribution in [0.15, 0.2) is 0 Å². The van der Waals surface area contributed by atoms with Crippen molar-refractivity contribution in [3.63, 3.8) is 0 Å². The predicted octanol–water partition coefficient (Wildman–Crippen LogP) is -1.72. The van der Waals surface area contributed by atoms with E-state index in [-0.39, 0.29) is 0 Å². The fourth-order valence-corrected chi connectivity index (χ4v) is 3.15. The first-order valence-corrected chi connectivity index (χ1v) is 8.75. The van der Waals surface area contributed by atoms with Crippen LogP contribution in [0, 0.1) is 0 Å². The van der Waals surface area contributed by atoms with Crippen molar-refractivity contribution < 1.29 is 43.4 Å². The Balaban J connectivity index is 5.19. The zero-order chi connectivity index (χ0) is 16.1. The van der Waals surface area contributed by atoms with Crippen LogP contribution < -0.4 is 5.73 Å². The number of nitrogens with zero attached hydrogens (tertiary/aromatic N) is 1. The molecule has 11 nitrogen and oxygen atoms in total. The summed E-state index contributed by atoms with van der Waals surface area (Å²) in [4.78, 5) is 57.4. The van der Waals surface area contributed by atoms with Gasteiger partial charge in [0.1, 0.15) is 18.6 Å². The molecule has 0 radical (unpaired) electrons. The summed E-state index contributed by atoms with van der Waals surface area (Å²) in [6, 6.07) is -1.65. The average molecular weight is 334 g/mol. The van der Waals surface area contributed by atoms with Gasteiger partial charge >= 0.3 is 21.2 Å². The number of hydrogen-bond donors (Lipinski definition) is 6. The molecule has 1 amide bonds. The number of carbonyl (C=O) groups is 2. The summed E-state index contributed by atoms with van der Waals surface area (Å²) in [7, 11) is -9.49. The van der Waals surface area contributed by atoms with Gasteiger partial charge in [-0.15, -0.1) is 0 Å². The standard InChI is InChI=1S/C7H16N2O9P2/c8-6(10)2-1-5(7(11)12)9(3-19(13,14)15)4-20(16,17)18/h5H,1-4H2,(H2,8,10)(H,11,12)(H2,13,14,15)(H2,16,17,18). The first kappa shape index (κ1) is 19.2. The second-order valence-electron chi connectivity index (χ2n) is 4.06. The zero-order valence-electron chi connectivity index (χ0n) is 10.2. The fraction of sp³-hybridized carbons (Fsp3) is 0.714. The van der Waals surface area contributed by atoms with Crippen molar-refractivity contribution in [1.29, 1.82) is 0 Å². The highest BCUT2D eigenvalue weighted by molar-refractivity contribution is 7.52. The van der Waals surface area contributed by atoms with Crippen molar-refractivity contribution in [3.05, 3.63) is 0 Å². The van der Waals surface area contributed by atoms with E-state index in [0.717, 1.165) is 0 Å². The van der Waals surface area contributed by atoms with E-state index in [4.69, 9.17) is 30.4 Å². The van der Waals surface area contributed by atoms with Gasteiger partial charge in [-0.1, -0.05) is 0 Å². The van der Waals surface area contributed by atoms with Gasteiger partial charge in [-0.3, -0.25) is 23.6 Å². The van der Waals surface area contributed by atoms with Gasteiger partial charge in [-0.05, 0) is 6.42 Å². The average Bonchev–Trinajstić information content (AvgIpc) is 2.10. The van der Waals surface area contributed by atoms with Crippen molar-refractivity contribution in [2.45, 2.75) is 18.9 Å². The molecule has 0 bridgehead atoms. The SMILES string of the molecule is NC(=O)CCC(C(=O)O)N(CP(=O)(O)O)CP(=O)(O)O. The first-order valence-electron chi connectivity index (χ1n) is 5.16. The van der Waals surface area contributed by atoms with Crippen molar-refractivity contribution in [2.24, 2.45) is 5.73 Å². The maximum Gasteiger partial charge on any atom is 0.339 e. The smallest absolute Gasteiger partial charge is 0.339 e. The van der Waals surface area contributed by atoms with Crippen LogP contribution in [0.3, 0.4) is 0 Å². The summed E-state index contributed by atoms with van der Waals surface area (Å²) >= 11 is 0. The van der Waals surface area contributed by atoms with E-state index in [9.17, 15) is 18.7 Å². The Hall–Kier alpha value is -0.800. The molecule has 20 heavy (non-hydrogen) atoms. The highest BCUT2D eigenvalue weighted by atomic mass is 31.2. The Morgan fingerprint density at radius 1 is 1.05 bits per heavy atom. The van der Waals surface area contributed by atoms with Gasteiger partial charge in [-0.25, -0.2) is 0 Å². The lowest BCUT2D eigenvalue weighted by Crippen LogP contribution is -2.42. The Morgan fingerprint density at radius 3 is 1.70 bits per heavy atom. The van der Waals surface area contributed by atoms with E-state index < -0.39 is 58.5 Å². The Kier molecular flexibility index (Phi) is 6.99. The lowest BCUT2D eigenvalue weighted by atomic mass is 10.1. The molecule has 0 aliphatic carbocycles. The molecular weight excluding hydrogens is 318 g/mol. The van der Waals surface area contributed by atoms with Crippen LogP contribution >= 0.6 is 15.2 Å². The third-order valence-corrected chi connectivity index (χ3v) is 3.59. The van der Waals surface area contributed by atoms with Crippen molar-refractivity contribution in [2.75, 3.05) is 12.6 Å². The summed E-state index contributed by atoms with van der Waals surface area (Å²) in [5, 5.41) is 8.95. The fourth-order valence-electron chi connectivity index (χ4n) is 1.46. The second kappa shape index (κ2) is 7.28. The number of amides is 1. The number of nitrogens with two attached hydrogens (primary N) is 1. The summed E-state index contributed by atoms with van der Waals surface area (Å²) in [5.41, 5.74) is 4.84. The van der Waals surface area contributed by atoms with E-state index in [1.807, 2.05) is 0 Å². The third-order valence-electron chi connectivity index (χ3n) is 2.12. The van der Waals surface area contributed by atoms with Gasteiger partial charge in [0.25, 0.3) is 0 Å². The molecule has 1 atom stereocenters. The van der Waals surface area contributed by atoms with E-state index >= 15 is 0 Å². The molecule has 0 aromatic heterocycles. The first-order chi connectivity index (χ1) is 8.82. The Bertz CT molecular complexity index is 431.